The van der Waals surface area contributed by atoms with Crippen molar-refractivity contribution in [3.63, 3.8) is 0 Å². The van der Waals surface area contributed by atoms with Crippen molar-refractivity contribution in [1.29, 1.82) is 0 Å². The van der Waals surface area contributed by atoms with Gasteiger partial charge in [0.1, 0.15) is 17.9 Å². The minimum atomic E-state index is -1.27. The van der Waals surface area contributed by atoms with Gasteiger partial charge in [0.15, 0.2) is 23.1 Å². The van der Waals surface area contributed by atoms with Gasteiger partial charge in [-0.1, -0.05) is 61.8 Å². The van der Waals surface area contributed by atoms with Crippen LogP contribution in [-0.2, 0) is 172 Å². The molecule has 0 aromatic carbocycles. The van der Waals surface area contributed by atoms with Gasteiger partial charge >= 0.3 is 42.5 Å². The number of rotatable bonds is 88. The van der Waals surface area contributed by atoms with Crippen molar-refractivity contribution < 1.29 is 187 Å². The maximum Gasteiger partial charge on any atom is 0.373 e. The number of unbranched alkanes of at least 4 members (excludes halogenated alkanes) is 1. The molecular formula is C90H157N7O39S3. The van der Waals surface area contributed by atoms with E-state index in [1.54, 1.807) is 33.4 Å². The first-order valence-corrected chi connectivity index (χ1v) is 50.0. The maximum atomic E-state index is 13.4. The molecular weight excluding hydrogens is 1900 g/mol. The van der Waals surface area contributed by atoms with Crippen LogP contribution in [0.3, 0.4) is 0 Å². The van der Waals surface area contributed by atoms with Crippen molar-refractivity contribution in [2.24, 2.45) is 35.5 Å². The molecule has 6 amide bonds. The number of carboxylic acid groups (broad SMARTS) is 3. The highest BCUT2D eigenvalue weighted by molar-refractivity contribution is 7.99. The summed E-state index contributed by atoms with van der Waals surface area (Å²) < 4.78 is 75.4. The van der Waals surface area contributed by atoms with Crippen LogP contribution in [0.15, 0.2) is 0 Å². The highest BCUT2D eigenvalue weighted by Crippen LogP contribution is 2.17. The van der Waals surface area contributed by atoms with Gasteiger partial charge in [-0.15, -0.1) is 0 Å². The molecule has 0 spiro atoms. The molecule has 0 bridgehead atoms. The van der Waals surface area contributed by atoms with Crippen LogP contribution >= 0.6 is 35.3 Å². The summed E-state index contributed by atoms with van der Waals surface area (Å²) in [7, 11) is 1.59. The third-order valence-electron chi connectivity index (χ3n) is 18.3. The van der Waals surface area contributed by atoms with Crippen LogP contribution in [-0.4, -0.2) is 394 Å². The standard InChI is InChI=1S/C36H64N4O12S.C26H50O11S.C24H43N3O8S.4CO2/c1-7-12-49-16-18-51-14-10-32(43)37-22-28(39-34(45)25(4)9-3)30(41)20-26(5)35(46)40-29(31(42)21-27(24-53-6)36(47)48)23-38-33(44)11-15-52-19-17-50-13-8-2;1-3-4-6-30-8-10-32-12-14-34-16-18-36-20-21-37-19-17-35-15-13-33-11-9-31-7-5-25(27)22-24(23-38-2)26(28)29;1-6-8-34-10-11-35-9-7-22(30)26-14-19(25-4)21(29)12-16(2)23(31)27-17(3)20(28)13-18(15-36-5)24(32)33;4*2-1-3/h25-29H,7-24H2,1-6H3,(H,37,43)(H,38,44)(H,39,45)(H,40,46)(H,47,48);24H,3-23H2,1-2H3,(H,28,29);16-19,25H,6-15H2,1-5H3,(H,26,30)(H,27,31)(H,32,33);;;;/t25-,26-,27+,28+,29+;24-;16-,17+,18+,19+;;;;/m101..../s1. The third kappa shape index (κ3) is 98.1. The fourth-order valence-electron chi connectivity index (χ4n) is 10.5. The Balaban J connectivity index is -0.000000362. The first-order valence-electron chi connectivity index (χ1n) is 45.9. The largest absolute Gasteiger partial charge is 0.481 e. The Morgan fingerprint density at radius 1 is 0.288 bits per heavy atom. The third-order valence-corrected chi connectivity index (χ3v) is 20.6. The Kier molecular flexibility index (Phi) is 112. The van der Waals surface area contributed by atoms with E-state index < -0.39 is 113 Å². The van der Waals surface area contributed by atoms with Crippen molar-refractivity contribution in [1.82, 2.24) is 37.2 Å². The zero-order chi connectivity index (χ0) is 106. The lowest BCUT2D eigenvalue weighted by Gasteiger charge is -2.24. The molecule has 10 atom stereocenters. The summed E-state index contributed by atoms with van der Waals surface area (Å²) in [6.07, 6.45) is 11.2. The number of hydrogen-bond donors (Lipinski definition) is 10. The van der Waals surface area contributed by atoms with E-state index >= 15 is 0 Å². The average molecular weight is 2060 g/mol. The highest BCUT2D eigenvalue weighted by Gasteiger charge is 2.33. The summed E-state index contributed by atoms with van der Waals surface area (Å²) in [5.74, 6) is -11.3. The number of carbonyl (C=O) groups is 14. The van der Waals surface area contributed by atoms with E-state index in [2.05, 4.69) is 44.1 Å². The number of ether oxygens (including phenoxy) is 14. The van der Waals surface area contributed by atoms with Crippen molar-refractivity contribution >= 4 is 142 Å². The van der Waals surface area contributed by atoms with Gasteiger partial charge in [0.25, 0.3) is 0 Å². The summed E-state index contributed by atoms with van der Waals surface area (Å²) in [4.78, 5) is 238. The second-order valence-electron chi connectivity index (χ2n) is 29.9. The fraction of sp³-hybridized carbons (Fsp3) is 0.800. The Morgan fingerprint density at radius 3 is 0.799 bits per heavy atom. The Labute approximate surface area is 828 Å². The Hall–Kier alpha value is -8.45. The number of carboxylic acids is 3. The lowest BCUT2D eigenvalue weighted by Crippen LogP contribution is -2.52. The van der Waals surface area contributed by atoms with Crippen LogP contribution in [0.1, 0.15) is 159 Å². The number of nitrogens with one attached hydrogen (secondary N) is 7. The van der Waals surface area contributed by atoms with Gasteiger partial charge < -0.3 is 119 Å². The first-order chi connectivity index (χ1) is 66.6. The van der Waals surface area contributed by atoms with E-state index in [4.69, 9.17) is 110 Å². The normalized spacial score (nSPS) is 12.6. The minimum Gasteiger partial charge on any atom is -0.481 e. The molecule has 0 aliphatic heterocycles. The van der Waals surface area contributed by atoms with Crippen molar-refractivity contribution in [3.05, 3.63) is 0 Å². The van der Waals surface area contributed by atoms with Crippen LogP contribution in [0.5, 0.6) is 0 Å². The van der Waals surface area contributed by atoms with Crippen molar-refractivity contribution in [2.75, 3.05) is 248 Å². The van der Waals surface area contributed by atoms with Crippen LogP contribution in [0, 0.1) is 35.5 Å². The number of carbonyl (C=O) groups excluding carboxylic acids is 19. The zero-order valence-corrected chi connectivity index (χ0v) is 85.6. The molecule has 46 nitrogen and oxygen atoms in total. The molecule has 10 N–H and O–H groups in total. The summed E-state index contributed by atoms with van der Waals surface area (Å²) >= 11 is 4.02. The van der Waals surface area contributed by atoms with Gasteiger partial charge in [-0.25, -0.2) is 0 Å². The molecule has 0 rings (SSSR count). The van der Waals surface area contributed by atoms with Gasteiger partial charge in [-0.2, -0.15) is 73.6 Å². The second-order valence-corrected chi connectivity index (χ2v) is 32.6. The second kappa shape index (κ2) is 108. The monoisotopic (exact) mass is 2060 g/mol. The Bertz CT molecular complexity index is 3290. The summed E-state index contributed by atoms with van der Waals surface area (Å²) in [6, 6.07) is -3.93. The zero-order valence-electron chi connectivity index (χ0n) is 83.2. The molecule has 0 radical (unpaired) electrons. The van der Waals surface area contributed by atoms with Crippen molar-refractivity contribution in [3.8, 4) is 0 Å². The van der Waals surface area contributed by atoms with Crippen LogP contribution in [0.4, 0.5) is 0 Å². The molecule has 0 saturated heterocycles. The lowest BCUT2D eigenvalue weighted by molar-refractivity contribution is -0.193. The van der Waals surface area contributed by atoms with Gasteiger partial charge in [-0.3, -0.25) is 67.1 Å². The van der Waals surface area contributed by atoms with Gasteiger partial charge in [0, 0.05) is 139 Å². The summed E-state index contributed by atoms with van der Waals surface area (Å²) in [6.45, 7) is 28.5. The molecule has 0 saturated carbocycles. The van der Waals surface area contributed by atoms with E-state index in [1.165, 1.54) is 49.1 Å². The Morgan fingerprint density at radius 2 is 0.525 bits per heavy atom. The molecule has 0 aliphatic carbocycles. The molecule has 804 valence electrons. The average Bonchev–Trinajstić information content (AvgIpc) is 0.870. The number of Topliss-reactive ketones (excluding diaryl/α,β-unsaturated/α-hetero) is 5. The fourth-order valence-corrected chi connectivity index (χ4v) is 12.5. The molecule has 0 aromatic rings. The van der Waals surface area contributed by atoms with E-state index in [0.29, 0.717) is 170 Å². The van der Waals surface area contributed by atoms with Gasteiger partial charge in [-0.05, 0) is 64.8 Å². The number of ketones is 5. The highest BCUT2D eigenvalue weighted by atomic mass is 32.2. The van der Waals surface area contributed by atoms with Crippen LogP contribution < -0.4 is 37.2 Å². The topological polar surface area (TPSA) is 650 Å². The maximum absolute atomic E-state index is 13.4. The smallest absolute Gasteiger partial charge is 0.373 e. The van der Waals surface area contributed by atoms with E-state index in [9.17, 15) is 77.3 Å². The molecule has 0 aliphatic rings. The molecule has 0 aromatic heterocycles. The predicted octanol–water partition coefficient (Wildman–Crippen LogP) is 2.16. The number of hydrogen-bond acceptors (Lipinski definition) is 40. The number of thioether (sulfide) groups is 3. The predicted molar refractivity (Wildman–Crippen MR) is 504 cm³/mol. The SMILES string of the molecule is CCCCOCCOCCOCCOCCOCCOCCOCCOCCC(=O)C[C@@H](CSC)C(=O)O.CCCOCCOCCC(=O)NC[C@H](NC(=O)[C@H](C)CC)C(=O)C[C@@H](C)C(=O)N[C@@H](CNC(=O)CCOCCOCCC)C(=O)C[C@@H](CSC)C(=O)O.CCCOCCOCCC(=O)NC[C@H](NC)C(=O)C[C@@H](C)C(=O)N[C@@H](C)C(=O)C[C@@H](CSC)C(=O)O.O=C=O.O=C=O.O=C=O.O=C=O. The molecule has 0 fully saturated rings. The first kappa shape index (κ1) is 144. The van der Waals surface area contributed by atoms with Gasteiger partial charge in [0.05, 0.1) is 188 Å². The molecule has 0 heterocycles. The molecule has 0 unspecified atom stereocenters. The van der Waals surface area contributed by atoms with E-state index in [-0.39, 0.29) is 163 Å². The molecule has 49 heteroatoms. The summed E-state index contributed by atoms with van der Waals surface area (Å²) in [5.41, 5.74) is 0. The van der Waals surface area contributed by atoms with E-state index in [0.717, 1.165) is 38.7 Å². The number of likely N-dealkylation sites (N-methyl/N-ethyl adjacent to an activating group) is 1. The quantitative estimate of drug-likeness (QED) is 0.0390. The van der Waals surface area contributed by atoms with Gasteiger partial charge in [0.2, 0.25) is 35.4 Å². The minimum absolute atomic E-state index is 0.0148. The number of aliphatic carboxylic acids is 3. The van der Waals surface area contributed by atoms with Crippen LogP contribution in [0.2, 0.25) is 0 Å². The van der Waals surface area contributed by atoms with Crippen molar-refractivity contribution in [2.45, 2.75) is 183 Å². The van der Waals surface area contributed by atoms with Crippen LogP contribution in [0.25, 0.3) is 0 Å². The van der Waals surface area contributed by atoms with E-state index in [1.807, 2.05) is 34.0 Å². The number of amides is 6. The molecule has 139 heavy (non-hydrogen) atoms. The summed E-state index contributed by atoms with van der Waals surface area (Å²) in [5, 5.41) is 46.5. The lowest BCUT2D eigenvalue weighted by atomic mass is 9.96.